The van der Waals surface area contributed by atoms with Gasteiger partial charge in [0, 0.05) is 38.2 Å². The minimum Gasteiger partial charge on any atom is -0.303 e. The Balaban J connectivity index is 2.60. The van der Waals surface area contributed by atoms with Crippen LogP contribution in [0.2, 0.25) is 0 Å². The summed E-state index contributed by atoms with van der Waals surface area (Å²) in [5, 5.41) is 0.916. The molecule has 1 aliphatic rings. The van der Waals surface area contributed by atoms with Crippen molar-refractivity contribution < 1.29 is 28.5 Å². The lowest BCUT2D eigenvalue weighted by Gasteiger charge is -2.38. The molecule has 1 aromatic carbocycles. The molecule has 1 aliphatic heterocycles. The third kappa shape index (κ3) is 6.99. The first kappa shape index (κ1) is 30.5. The summed E-state index contributed by atoms with van der Waals surface area (Å²) in [6.45, 7) is -0.358. The number of alkyl halides is 4. The SMILES string of the molecule is O=C1c2c(Br)c(Br)c(Br)c(Br)c2C(=O)N1CC(CC(Br)CBr)(CC(Br)CBr)OP(=O)(O)O. The molecule has 16 heteroatoms. The Labute approximate surface area is 251 Å². The van der Waals surface area contributed by atoms with Crippen LogP contribution in [0.15, 0.2) is 17.9 Å². The topological polar surface area (TPSA) is 104 Å². The van der Waals surface area contributed by atoms with Gasteiger partial charge >= 0.3 is 7.82 Å². The molecule has 2 N–H and O–H groups in total. The maximum Gasteiger partial charge on any atom is 0.470 e. The van der Waals surface area contributed by atoms with Crippen LogP contribution in [0.1, 0.15) is 33.6 Å². The Morgan fingerprint density at radius 1 is 0.844 bits per heavy atom. The number of hydrogen-bond donors (Lipinski definition) is 2. The zero-order valence-corrected chi connectivity index (χ0v) is 29.2. The smallest absolute Gasteiger partial charge is 0.303 e. The van der Waals surface area contributed by atoms with E-state index in [-0.39, 0.29) is 40.2 Å². The van der Waals surface area contributed by atoms with Gasteiger partial charge in [0.05, 0.1) is 17.7 Å². The number of imide groups is 1. The summed E-state index contributed by atoms with van der Waals surface area (Å²) in [6.07, 6.45) is 0.225. The fourth-order valence-electron chi connectivity index (χ4n) is 3.31. The second kappa shape index (κ2) is 12.2. The molecule has 1 aromatic rings. The van der Waals surface area contributed by atoms with Crippen molar-refractivity contribution in [3.05, 3.63) is 29.0 Å². The molecule has 0 aliphatic carbocycles. The van der Waals surface area contributed by atoms with E-state index in [9.17, 15) is 23.9 Å². The molecular weight excluding hydrogens is 972 g/mol. The standard InChI is InChI=1S/C16H14Br8NO6P/c17-3-6(19)1-16(2-7(20)4-18,31-32(28,29)30)5-25-14(26)8-9(15(25)27)11(22)13(24)12(23)10(8)21/h6-7H,1-5H2,(H2,28,29,30). The number of carbonyl (C=O) groups is 2. The number of hydrogen-bond acceptors (Lipinski definition) is 4. The Bertz CT molecular complexity index is 914. The Hall–Kier alpha value is 2.31. The van der Waals surface area contributed by atoms with Crippen molar-refractivity contribution >= 4 is 147 Å². The minimum absolute atomic E-state index is 0.113. The number of carbonyl (C=O) groups excluding carboxylic acids is 2. The van der Waals surface area contributed by atoms with Crippen molar-refractivity contribution in [1.82, 2.24) is 4.90 Å². The number of phosphoric ester groups is 1. The molecule has 2 atom stereocenters. The number of fused-ring (bicyclic) bond motifs is 1. The zero-order valence-electron chi connectivity index (χ0n) is 15.6. The molecule has 0 fully saturated rings. The van der Waals surface area contributed by atoms with Gasteiger partial charge in [-0.05, 0) is 76.6 Å². The highest BCUT2D eigenvalue weighted by atomic mass is 79.9. The Kier molecular flexibility index (Phi) is 11.7. The summed E-state index contributed by atoms with van der Waals surface area (Å²) in [5.41, 5.74) is -1.24. The molecule has 2 rings (SSSR count). The maximum absolute atomic E-state index is 13.3. The van der Waals surface area contributed by atoms with E-state index in [4.69, 9.17) is 4.52 Å². The molecule has 0 spiro atoms. The van der Waals surface area contributed by atoms with E-state index in [1.54, 1.807) is 0 Å². The van der Waals surface area contributed by atoms with Crippen LogP contribution >= 0.6 is 135 Å². The van der Waals surface area contributed by atoms with Crippen molar-refractivity contribution in [2.75, 3.05) is 17.2 Å². The minimum atomic E-state index is -4.98. The predicted molar refractivity (Wildman–Crippen MR) is 151 cm³/mol. The molecule has 0 radical (unpaired) electrons. The zero-order chi connectivity index (χ0) is 24.6. The molecule has 2 amide bonds. The molecule has 32 heavy (non-hydrogen) atoms. The summed E-state index contributed by atoms with van der Waals surface area (Å²) in [6, 6.07) is 0. The van der Waals surface area contributed by atoms with Gasteiger partial charge in [0.15, 0.2) is 0 Å². The normalized spacial score (nSPS) is 18.0. The van der Waals surface area contributed by atoms with Crippen molar-refractivity contribution in [2.45, 2.75) is 28.1 Å². The van der Waals surface area contributed by atoms with E-state index in [2.05, 4.69) is 127 Å². The highest BCUT2D eigenvalue weighted by Crippen LogP contribution is 2.49. The summed E-state index contributed by atoms with van der Waals surface area (Å²) in [4.78, 5) is 46.5. The fraction of sp³-hybridized carbons (Fsp3) is 0.500. The van der Waals surface area contributed by atoms with Gasteiger partial charge in [-0.25, -0.2) is 4.57 Å². The van der Waals surface area contributed by atoms with Crippen LogP contribution in [-0.4, -0.2) is 59.0 Å². The highest BCUT2D eigenvalue weighted by Gasteiger charge is 2.48. The summed E-state index contributed by atoms with van der Waals surface area (Å²) in [7, 11) is -4.98. The molecular formula is C16H14Br8NO6P. The second-order valence-corrected chi connectivity index (χ2v) is 15.1. The lowest BCUT2D eigenvalue weighted by atomic mass is 9.92. The molecule has 0 bridgehead atoms. The molecule has 1 heterocycles. The number of benzene rings is 1. The van der Waals surface area contributed by atoms with Gasteiger partial charge in [0.2, 0.25) is 0 Å². The first-order chi connectivity index (χ1) is 14.7. The molecule has 7 nitrogen and oxygen atoms in total. The Morgan fingerprint density at radius 3 is 1.53 bits per heavy atom. The van der Waals surface area contributed by atoms with Crippen LogP contribution in [0.3, 0.4) is 0 Å². The van der Waals surface area contributed by atoms with Crippen LogP contribution in [0.4, 0.5) is 0 Å². The Morgan fingerprint density at radius 2 is 1.22 bits per heavy atom. The molecule has 2 unspecified atom stereocenters. The van der Waals surface area contributed by atoms with E-state index in [1.807, 2.05) is 0 Å². The third-order valence-corrected chi connectivity index (χ3v) is 14.5. The average Bonchev–Trinajstić information content (AvgIpc) is 2.93. The predicted octanol–water partition coefficient (Wildman–Crippen LogP) is 7.28. The number of rotatable bonds is 10. The summed E-state index contributed by atoms with van der Waals surface area (Å²) < 4.78 is 19.1. The van der Waals surface area contributed by atoms with Crippen LogP contribution < -0.4 is 0 Å². The largest absolute Gasteiger partial charge is 0.470 e. The van der Waals surface area contributed by atoms with Crippen LogP contribution in [0.5, 0.6) is 0 Å². The number of amides is 2. The van der Waals surface area contributed by atoms with E-state index < -0.39 is 25.2 Å². The molecule has 0 saturated carbocycles. The van der Waals surface area contributed by atoms with Crippen molar-refractivity contribution in [2.24, 2.45) is 0 Å². The van der Waals surface area contributed by atoms with Crippen molar-refractivity contribution in [3.63, 3.8) is 0 Å². The van der Waals surface area contributed by atoms with Gasteiger partial charge in [-0.15, -0.1) is 0 Å². The molecule has 0 saturated heterocycles. The van der Waals surface area contributed by atoms with Gasteiger partial charge < -0.3 is 9.79 Å². The van der Waals surface area contributed by atoms with Gasteiger partial charge in [-0.2, -0.15) is 0 Å². The average molecular weight is 986 g/mol. The second-order valence-electron chi connectivity index (χ2n) is 6.88. The van der Waals surface area contributed by atoms with Gasteiger partial charge in [0.1, 0.15) is 5.60 Å². The van der Waals surface area contributed by atoms with Crippen molar-refractivity contribution in [1.29, 1.82) is 0 Å². The number of halogens is 8. The lowest BCUT2D eigenvalue weighted by molar-refractivity contribution is -0.00299. The maximum atomic E-state index is 13.3. The van der Waals surface area contributed by atoms with Crippen LogP contribution in [-0.2, 0) is 9.09 Å². The third-order valence-electron chi connectivity index (χ3n) is 4.47. The van der Waals surface area contributed by atoms with Crippen molar-refractivity contribution in [3.8, 4) is 0 Å². The lowest BCUT2D eigenvalue weighted by Crippen LogP contribution is -2.49. The van der Waals surface area contributed by atoms with E-state index in [1.165, 1.54) is 0 Å². The first-order valence-corrected chi connectivity index (χ1v) is 17.3. The molecule has 180 valence electrons. The van der Waals surface area contributed by atoms with Crippen LogP contribution in [0, 0.1) is 0 Å². The monoisotopic (exact) mass is 978 g/mol. The van der Waals surface area contributed by atoms with Crippen LogP contribution in [0.25, 0.3) is 0 Å². The first-order valence-electron chi connectivity index (χ1n) is 8.56. The fourth-order valence-corrected chi connectivity index (χ4v) is 8.12. The van der Waals surface area contributed by atoms with E-state index in [0.29, 0.717) is 28.6 Å². The van der Waals surface area contributed by atoms with E-state index in [0.717, 1.165) is 4.90 Å². The quantitative estimate of drug-likeness (QED) is 0.0841. The van der Waals surface area contributed by atoms with Gasteiger partial charge in [0.25, 0.3) is 11.8 Å². The number of nitrogens with zero attached hydrogens (tertiary/aromatic N) is 1. The van der Waals surface area contributed by atoms with Gasteiger partial charge in [-0.3, -0.25) is 19.0 Å². The molecule has 0 aromatic heterocycles. The highest BCUT2D eigenvalue weighted by molar-refractivity contribution is 9.15. The summed E-state index contributed by atoms with van der Waals surface area (Å²) in [5.74, 6) is -1.20. The number of phosphoric acid groups is 1. The van der Waals surface area contributed by atoms with E-state index >= 15 is 0 Å². The van der Waals surface area contributed by atoms with Gasteiger partial charge in [-0.1, -0.05) is 63.7 Å². The summed E-state index contributed by atoms with van der Waals surface area (Å²) >= 11 is 27.1.